The smallest absolute Gasteiger partial charge is 0.338 e. The van der Waals surface area contributed by atoms with Crippen LogP contribution < -0.4 is 5.32 Å². The predicted octanol–water partition coefficient (Wildman–Crippen LogP) is 5.03. The maximum Gasteiger partial charge on any atom is 0.338 e. The Morgan fingerprint density at radius 3 is 2.68 bits per heavy atom. The van der Waals surface area contributed by atoms with Crippen LogP contribution in [-0.2, 0) is 14.3 Å². The van der Waals surface area contributed by atoms with Gasteiger partial charge in [-0.3, -0.25) is 4.79 Å². The van der Waals surface area contributed by atoms with Crippen molar-refractivity contribution in [2.24, 2.45) is 10.9 Å². The molecule has 0 saturated carbocycles. The molecule has 1 aromatic rings. The molecule has 0 spiro atoms. The van der Waals surface area contributed by atoms with Crippen LogP contribution in [0.1, 0.15) is 52.6 Å². The summed E-state index contributed by atoms with van der Waals surface area (Å²) in [5, 5.41) is 6.19. The quantitative estimate of drug-likeness (QED) is 0.576. The van der Waals surface area contributed by atoms with Crippen LogP contribution in [0.2, 0.25) is 5.02 Å². The van der Waals surface area contributed by atoms with Crippen LogP contribution in [0.15, 0.2) is 51.6 Å². The molecule has 8 heteroatoms. The zero-order valence-electron chi connectivity index (χ0n) is 18.4. The van der Waals surface area contributed by atoms with E-state index < -0.39 is 12.0 Å². The highest BCUT2D eigenvalue weighted by molar-refractivity contribution is 8.16. The van der Waals surface area contributed by atoms with Crippen molar-refractivity contribution in [2.45, 2.75) is 53.2 Å². The third-order valence-electron chi connectivity index (χ3n) is 4.78. The van der Waals surface area contributed by atoms with Crippen LogP contribution >= 0.6 is 23.4 Å². The number of nitrogens with one attached hydrogen (secondary N) is 1. The van der Waals surface area contributed by atoms with Crippen molar-refractivity contribution in [1.29, 1.82) is 0 Å². The first-order valence-electron chi connectivity index (χ1n) is 10.3. The van der Waals surface area contributed by atoms with Crippen molar-refractivity contribution < 1.29 is 14.3 Å². The molecule has 31 heavy (non-hydrogen) atoms. The molecule has 0 fully saturated rings. The Balaban J connectivity index is 1.99. The first kappa shape index (κ1) is 23.4. The third-order valence-corrected chi connectivity index (χ3v) is 5.90. The minimum absolute atomic E-state index is 0.0655. The van der Waals surface area contributed by atoms with E-state index in [1.165, 1.54) is 11.8 Å². The van der Waals surface area contributed by atoms with Crippen molar-refractivity contribution in [3.63, 3.8) is 0 Å². The summed E-state index contributed by atoms with van der Waals surface area (Å²) < 4.78 is 5.54. The zero-order chi connectivity index (χ0) is 22.7. The summed E-state index contributed by atoms with van der Waals surface area (Å²) in [7, 11) is 0. The van der Waals surface area contributed by atoms with Crippen molar-refractivity contribution in [3.8, 4) is 0 Å². The Hall–Kier alpha value is -2.25. The monoisotopic (exact) mass is 461 g/mol. The topological polar surface area (TPSA) is 71.0 Å². The molecule has 1 amide bonds. The number of thioether (sulfide) groups is 1. The maximum absolute atomic E-state index is 13.1. The number of hydrogen-bond donors (Lipinski definition) is 1. The molecule has 2 aliphatic rings. The van der Waals surface area contributed by atoms with Crippen LogP contribution in [-0.4, -0.2) is 34.6 Å². The van der Waals surface area contributed by atoms with Crippen molar-refractivity contribution >= 4 is 40.4 Å². The summed E-state index contributed by atoms with van der Waals surface area (Å²) in [6.45, 7) is 10.2. The number of benzene rings is 1. The van der Waals surface area contributed by atoms with Crippen LogP contribution in [0.25, 0.3) is 0 Å². The van der Waals surface area contributed by atoms with Gasteiger partial charge in [-0.15, -0.1) is 0 Å². The van der Waals surface area contributed by atoms with Gasteiger partial charge in [0.25, 0.3) is 0 Å². The SMILES string of the molecule is CC1=C(C(=O)OC(C)C)C(c2cccc(Cl)c2)N2C(CC(=O)NCC(C)C)=CSC2=N1. The number of amides is 1. The van der Waals surface area contributed by atoms with E-state index in [1.54, 1.807) is 6.07 Å². The highest BCUT2D eigenvalue weighted by Crippen LogP contribution is 2.45. The number of amidine groups is 1. The average molecular weight is 462 g/mol. The minimum atomic E-state index is -0.475. The molecule has 0 bridgehead atoms. The van der Waals surface area contributed by atoms with Gasteiger partial charge < -0.3 is 15.0 Å². The lowest BCUT2D eigenvalue weighted by molar-refractivity contribution is -0.143. The molecule has 1 unspecified atom stereocenters. The van der Waals surface area contributed by atoms with Crippen molar-refractivity contribution in [2.75, 3.05) is 6.54 Å². The largest absolute Gasteiger partial charge is 0.459 e. The van der Waals surface area contributed by atoms with E-state index >= 15 is 0 Å². The van der Waals surface area contributed by atoms with Gasteiger partial charge in [0.1, 0.15) is 0 Å². The van der Waals surface area contributed by atoms with Gasteiger partial charge in [-0.2, -0.15) is 0 Å². The van der Waals surface area contributed by atoms with E-state index in [-0.39, 0.29) is 18.4 Å². The molecule has 0 aromatic heterocycles. The fourth-order valence-electron chi connectivity index (χ4n) is 3.45. The summed E-state index contributed by atoms with van der Waals surface area (Å²) in [5.41, 5.74) is 2.69. The molecule has 1 N–H and O–H groups in total. The van der Waals surface area contributed by atoms with Gasteiger partial charge in [-0.25, -0.2) is 9.79 Å². The summed E-state index contributed by atoms with van der Waals surface area (Å²) in [6, 6.07) is 6.93. The molecule has 166 valence electrons. The lowest BCUT2D eigenvalue weighted by atomic mass is 9.94. The van der Waals surface area contributed by atoms with Crippen LogP contribution in [0.3, 0.4) is 0 Å². The molecule has 0 saturated heterocycles. The second kappa shape index (κ2) is 9.92. The average Bonchev–Trinajstić information content (AvgIpc) is 3.06. The fourth-order valence-corrected chi connectivity index (χ4v) is 4.61. The molecule has 2 aliphatic heterocycles. The number of carbonyl (C=O) groups excluding carboxylic acids is 2. The van der Waals surface area contributed by atoms with Gasteiger partial charge in [0.05, 0.1) is 29.8 Å². The number of rotatable bonds is 7. The molecule has 0 radical (unpaired) electrons. The first-order chi connectivity index (χ1) is 14.7. The van der Waals surface area contributed by atoms with E-state index in [2.05, 4.69) is 24.2 Å². The number of esters is 1. The van der Waals surface area contributed by atoms with Crippen molar-refractivity contribution in [1.82, 2.24) is 10.2 Å². The van der Waals surface area contributed by atoms with E-state index in [1.807, 2.05) is 49.3 Å². The molecule has 1 aromatic carbocycles. The fraction of sp³-hybridized carbons (Fsp3) is 0.435. The van der Waals surface area contributed by atoms with Crippen LogP contribution in [0.5, 0.6) is 0 Å². The number of halogens is 1. The third kappa shape index (κ3) is 5.52. The number of fused-ring (bicyclic) bond motifs is 1. The highest BCUT2D eigenvalue weighted by atomic mass is 35.5. The zero-order valence-corrected chi connectivity index (χ0v) is 20.0. The van der Waals surface area contributed by atoms with E-state index in [4.69, 9.17) is 16.3 Å². The number of nitrogens with zero attached hydrogens (tertiary/aromatic N) is 2. The second-order valence-corrected chi connectivity index (χ2v) is 9.55. The molecule has 1 atom stereocenters. The number of hydrogen-bond acceptors (Lipinski definition) is 6. The van der Waals surface area contributed by atoms with E-state index in [0.29, 0.717) is 28.8 Å². The Morgan fingerprint density at radius 2 is 2.03 bits per heavy atom. The number of ether oxygens (including phenoxy) is 1. The summed E-state index contributed by atoms with van der Waals surface area (Å²) in [4.78, 5) is 32.2. The summed E-state index contributed by atoms with van der Waals surface area (Å²) in [6.07, 6.45) is -0.0653. The first-order valence-corrected chi connectivity index (χ1v) is 11.6. The van der Waals surface area contributed by atoms with Gasteiger partial charge in [0.15, 0.2) is 5.17 Å². The van der Waals surface area contributed by atoms with Gasteiger partial charge in [-0.1, -0.05) is 49.3 Å². The van der Waals surface area contributed by atoms with Crippen LogP contribution in [0, 0.1) is 5.92 Å². The number of carbonyl (C=O) groups is 2. The molecule has 3 rings (SSSR count). The Morgan fingerprint density at radius 1 is 1.29 bits per heavy atom. The molecular formula is C23H28ClN3O3S. The Kier molecular flexibility index (Phi) is 7.49. The van der Waals surface area contributed by atoms with Gasteiger partial charge in [-0.05, 0) is 49.8 Å². The van der Waals surface area contributed by atoms with Crippen LogP contribution in [0.4, 0.5) is 0 Å². The van der Waals surface area contributed by atoms with Crippen molar-refractivity contribution in [3.05, 3.63) is 57.2 Å². The van der Waals surface area contributed by atoms with Gasteiger partial charge in [0, 0.05) is 17.3 Å². The summed E-state index contributed by atoms with van der Waals surface area (Å²) in [5.74, 6) is -0.116. The lowest BCUT2D eigenvalue weighted by Crippen LogP contribution is -2.38. The van der Waals surface area contributed by atoms with Gasteiger partial charge >= 0.3 is 5.97 Å². The summed E-state index contributed by atoms with van der Waals surface area (Å²) >= 11 is 7.73. The predicted molar refractivity (Wildman–Crippen MR) is 126 cm³/mol. The second-order valence-electron chi connectivity index (χ2n) is 8.28. The number of allylic oxidation sites excluding steroid dienone is 1. The highest BCUT2D eigenvalue weighted by Gasteiger charge is 2.41. The maximum atomic E-state index is 13.1. The van der Waals surface area contributed by atoms with E-state index in [0.717, 1.165) is 16.4 Å². The molecule has 0 aliphatic carbocycles. The lowest BCUT2D eigenvalue weighted by Gasteiger charge is -2.36. The molecule has 2 heterocycles. The van der Waals surface area contributed by atoms with Gasteiger partial charge in [0.2, 0.25) is 5.91 Å². The standard InChI is InChI=1S/C23H28ClN3O3S/c1-13(2)11-25-19(28)10-18-12-31-23-26-15(5)20(22(29)30-14(3)4)21(27(18)23)16-7-6-8-17(24)9-16/h6-9,12-14,21H,10-11H2,1-5H3,(H,25,28). The number of aliphatic imine (C=N–C) groups is 1. The Bertz CT molecular complexity index is 969. The Labute approximate surface area is 192 Å². The normalized spacial score (nSPS) is 18.2. The van der Waals surface area contributed by atoms with E-state index in [9.17, 15) is 9.59 Å². The minimum Gasteiger partial charge on any atom is -0.459 e. The molecular weight excluding hydrogens is 434 g/mol. The molecule has 6 nitrogen and oxygen atoms in total.